The van der Waals surface area contributed by atoms with Crippen molar-refractivity contribution in [1.29, 1.82) is 0 Å². The number of carbonyl (C=O) groups is 1. The molecule has 2 aliphatic heterocycles. The van der Waals surface area contributed by atoms with E-state index in [1.54, 1.807) is 36.2 Å². The molecule has 0 N–H and O–H groups in total. The van der Waals surface area contributed by atoms with Gasteiger partial charge in [0.1, 0.15) is 6.61 Å². The fourth-order valence-electron chi connectivity index (χ4n) is 3.25. The van der Waals surface area contributed by atoms with Gasteiger partial charge in [0, 0.05) is 31.7 Å². The van der Waals surface area contributed by atoms with Crippen LogP contribution in [0.5, 0.6) is 0 Å². The van der Waals surface area contributed by atoms with Crippen molar-refractivity contribution in [2.24, 2.45) is 0 Å². The highest BCUT2D eigenvalue weighted by Gasteiger charge is 2.43. The fourth-order valence-corrected chi connectivity index (χ4v) is 4.91. The third-order valence-corrected chi connectivity index (χ3v) is 6.84. The summed E-state index contributed by atoms with van der Waals surface area (Å²) in [7, 11) is -1.61. The molecule has 0 aliphatic carbocycles. The van der Waals surface area contributed by atoms with Gasteiger partial charge < -0.3 is 9.64 Å². The van der Waals surface area contributed by atoms with Crippen molar-refractivity contribution in [3.8, 4) is 0 Å². The van der Waals surface area contributed by atoms with Crippen LogP contribution in [0.1, 0.15) is 18.4 Å². The van der Waals surface area contributed by atoms with E-state index in [-0.39, 0.29) is 18.3 Å². The molecule has 1 aromatic rings. The van der Waals surface area contributed by atoms with Gasteiger partial charge in [0.25, 0.3) is 0 Å². The van der Waals surface area contributed by atoms with E-state index in [0.29, 0.717) is 37.5 Å². The Kier molecular flexibility index (Phi) is 4.88. The number of benzene rings is 1. The highest BCUT2D eigenvalue weighted by molar-refractivity contribution is 7.88. The summed E-state index contributed by atoms with van der Waals surface area (Å²) < 4.78 is 32.5. The van der Waals surface area contributed by atoms with Crippen LogP contribution >= 0.6 is 11.6 Å². The lowest BCUT2D eigenvalue weighted by Gasteiger charge is -2.45. The number of sulfonamides is 1. The summed E-state index contributed by atoms with van der Waals surface area (Å²) in [4.78, 5) is 13.2. The van der Waals surface area contributed by atoms with Crippen molar-refractivity contribution in [3.63, 3.8) is 0 Å². The maximum Gasteiger partial charge on any atom is 0.248 e. The van der Waals surface area contributed by atoms with E-state index in [0.717, 1.165) is 5.56 Å². The Labute approximate surface area is 147 Å². The number of halogens is 1. The van der Waals surface area contributed by atoms with Gasteiger partial charge in [0.05, 0.1) is 11.4 Å². The van der Waals surface area contributed by atoms with Gasteiger partial charge in [-0.05, 0) is 30.5 Å². The van der Waals surface area contributed by atoms with E-state index < -0.39 is 15.6 Å². The van der Waals surface area contributed by atoms with Crippen molar-refractivity contribution in [2.45, 2.75) is 24.2 Å². The number of carbonyl (C=O) groups excluding carboxylic acids is 1. The van der Waals surface area contributed by atoms with E-state index in [4.69, 9.17) is 16.3 Å². The zero-order valence-corrected chi connectivity index (χ0v) is 15.1. The van der Waals surface area contributed by atoms with Crippen molar-refractivity contribution in [1.82, 2.24) is 9.21 Å². The summed E-state index contributed by atoms with van der Waals surface area (Å²) >= 11 is 5.83. The summed E-state index contributed by atoms with van der Waals surface area (Å²) in [5, 5.41) is 0.587. The number of hydrogen-bond donors (Lipinski definition) is 0. The first-order valence-electron chi connectivity index (χ1n) is 7.90. The lowest BCUT2D eigenvalue weighted by molar-refractivity contribution is -0.167. The van der Waals surface area contributed by atoms with Crippen molar-refractivity contribution in [3.05, 3.63) is 34.9 Å². The Morgan fingerprint density at radius 3 is 2.42 bits per heavy atom. The molecule has 2 saturated heterocycles. The molecule has 132 valence electrons. The average Bonchev–Trinajstić information content (AvgIpc) is 2.54. The van der Waals surface area contributed by atoms with Gasteiger partial charge in [-0.25, -0.2) is 12.7 Å². The number of morpholine rings is 1. The minimum atomic E-state index is -3.37. The molecule has 2 fully saturated rings. The van der Waals surface area contributed by atoms with Crippen molar-refractivity contribution in [2.75, 3.05) is 33.3 Å². The van der Waals surface area contributed by atoms with Crippen LogP contribution in [-0.4, -0.2) is 62.4 Å². The normalized spacial score (nSPS) is 22.1. The molecule has 0 saturated carbocycles. The monoisotopic (exact) mass is 372 g/mol. The molecule has 0 aromatic heterocycles. The van der Waals surface area contributed by atoms with Crippen LogP contribution in [0.25, 0.3) is 0 Å². The van der Waals surface area contributed by atoms with Crippen molar-refractivity contribution >= 4 is 27.5 Å². The van der Waals surface area contributed by atoms with E-state index in [1.807, 2.05) is 0 Å². The van der Waals surface area contributed by atoms with Gasteiger partial charge in [-0.2, -0.15) is 0 Å². The maximum absolute atomic E-state index is 12.6. The fraction of sp³-hybridized carbons (Fsp3) is 0.562. The second-order valence-corrected chi connectivity index (χ2v) is 8.91. The van der Waals surface area contributed by atoms with E-state index in [9.17, 15) is 13.2 Å². The molecule has 24 heavy (non-hydrogen) atoms. The van der Waals surface area contributed by atoms with Gasteiger partial charge in [0.2, 0.25) is 15.9 Å². The lowest BCUT2D eigenvalue weighted by atomic mass is 9.90. The molecule has 0 atom stereocenters. The second kappa shape index (κ2) is 6.63. The minimum Gasteiger partial charge on any atom is -0.363 e. The number of rotatable bonds is 3. The Balaban J connectivity index is 1.63. The number of likely N-dealkylation sites (N-methyl/N-ethyl adjacent to an activating group) is 1. The van der Waals surface area contributed by atoms with Crippen molar-refractivity contribution < 1.29 is 17.9 Å². The van der Waals surface area contributed by atoms with Crippen LogP contribution in [0.2, 0.25) is 5.02 Å². The summed E-state index contributed by atoms with van der Waals surface area (Å²) in [5.41, 5.74) is 0.313. The number of amides is 1. The number of nitrogens with zero attached hydrogens (tertiary/aromatic N) is 2. The second-order valence-electron chi connectivity index (χ2n) is 6.50. The molecule has 0 bridgehead atoms. The first-order chi connectivity index (χ1) is 11.3. The Bertz CT molecular complexity index is 712. The number of hydrogen-bond acceptors (Lipinski definition) is 4. The van der Waals surface area contributed by atoms with Gasteiger partial charge in [-0.1, -0.05) is 23.7 Å². The van der Waals surface area contributed by atoms with Crippen LogP contribution in [0, 0.1) is 0 Å². The summed E-state index contributed by atoms with van der Waals surface area (Å²) in [6.07, 6.45) is 1.20. The predicted octanol–water partition coefficient (Wildman–Crippen LogP) is 1.49. The molecule has 2 heterocycles. The smallest absolute Gasteiger partial charge is 0.248 e. The van der Waals surface area contributed by atoms with Gasteiger partial charge in [-0.3, -0.25) is 4.79 Å². The third kappa shape index (κ3) is 3.74. The topological polar surface area (TPSA) is 66.9 Å². The molecular weight excluding hydrogens is 352 g/mol. The third-order valence-electron chi connectivity index (χ3n) is 4.74. The Hall–Kier alpha value is -1.15. The zero-order valence-electron chi connectivity index (χ0n) is 13.6. The molecule has 1 spiro atoms. The van der Waals surface area contributed by atoms with Gasteiger partial charge in [-0.15, -0.1) is 0 Å². The first kappa shape index (κ1) is 17.7. The predicted molar refractivity (Wildman–Crippen MR) is 91.2 cm³/mol. The molecule has 1 amide bonds. The van der Waals surface area contributed by atoms with Crippen LogP contribution in [-0.2, 0) is 25.3 Å². The minimum absolute atomic E-state index is 0.0292. The van der Waals surface area contributed by atoms with Crippen LogP contribution in [0.4, 0.5) is 0 Å². The first-order valence-corrected chi connectivity index (χ1v) is 9.89. The van der Waals surface area contributed by atoms with E-state index in [1.165, 1.54) is 4.31 Å². The highest BCUT2D eigenvalue weighted by atomic mass is 35.5. The zero-order chi connectivity index (χ0) is 17.4. The number of ether oxygens (including phenoxy) is 1. The molecule has 1 aromatic carbocycles. The number of piperidine rings is 1. The Morgan fingerprint density at radius 1 is 1.21 bits per heavy atom. The molecule has 0 radical (unpaired) electrons. The maximum atomic E-state index is 12.6. The molecule has 0 unspecified atom stereocenters. The molecule has 6 nitrogen and oxygen atoms in total. The average molecular weight is 373 g/mol. The van der Waals surface area contributed by atoms with E-state index >= 15 is 0 Å². The van der Waals surface area contributed by atoms with Gasteiger partial charge in [0.15, 0.2) is 0 Å². The molecule has 2 aliphatic rings. The highest BCUT2D eigenvalue weighted by Crippen LogP contribution is 2.31. The molecule has 3 rings (SSSR count). The molecular formula is C16H21ClN2O4S. The SMILES string of the molecule is CN1CC2(CCN(S(=O)(=O)Cc3ccc(Cl)cc3)CC2)OCC1=O. The lowest BCUT2D eigenvalue weighted by Crippen LogP contribution is -2.58. The standard InChI is InChI=1S/C16H21ClN2O4S/c1-18-12-16(23-10-15(18)20)6-8-19(9-7-16)24(21,22)11-13-2-4-14(17)5-3-13/h2-5H,6-12H2,1H3. The van der Waals surface area contributed by atoms with Crippen LogP contribution < -0.4 is 0 Å². The molecule has 8 heteroatoms. The van der Waals surface area contributed by atoms with Gasteiger partial charge >= 0.3 is 0 Å². The Morgan fingerprint density at radius 2 is 1.83 bits per heavy atom. The summed E-state index contributed by atoms with van der Waals surface area (Å²) in [6.45, 7) is 1.43. The summed E-state index contributed by atoms with van der Waals surface area (Å²) in [6, 6.07) is 6.85. The quantitative estimate of drug-likeness (QED) is 0.806. The largest absolute Gasteiger partial charge is 0.363 e. The summed E-state index contributed by atoms with van der Waals surface area (Å²) in [5.74, 6) is -0.0606. The van der Waals surface area contributed by atoms with E-state index in [2.05, 4.69) is 0 Å². The van der Waals surface area contributed by atoms with Crippen LogP contribution in [0.3, 0.4) is 0 Å². The van der Waals surface area contributed by atoms with Crippen LogP contribution in [0.15, 0.2) is 24.3 Å².